The molecule has 0 bridgehead atoms. The fourth-order valence-electron chi connectivity index (χ4n) is 3.95. The normalized spacial score (nSPS) is 24.7. The van der Waals surface area contributed by atoms with Gasteiger partial charge in [0.25, 0.3) is 0 Å². The minimum atomic E-state index is -5.16. The molecule has 0 aliphatic carbocycles. The van der Waals surface area contributed by atoms with Crippen molar-refractivity contribution in [3.05, 3.63) is 53.1 Å². The van der Waals surface area contributed by atoms with Crippen molar-refractivity contribution in [2.75, 3.05) is 17.8 Å². The number of rotatable bonds is 9. The molecular formula is C20H30ClFN6O9P2. The molecule has 3 heterocycles. The molecule has 1 fully saturated rings. The van der Waals surface area contributed by atoms with Gasteiger partial charge < -0.3 is 60.9 Å². The Balaban J connectivity index is 0.00000267. The minimum Gasteiger partial charge on any atom is -0.778 e. The number of halogens is 2. The molecule has 19 heteroatoms. The van der Waals surface area contributed by atoms with Gasteiger partial charge in [0.2, 0.25) is 0 Å². The molecule has 7 atom stereocenters. The molecule has 2 aromatic heterocycles. The van der Waals surface area contributed by atoms with Crippen LogP contribution in [0.1, 0.15) is 24.8 Å². The number of ether oxygens (including phenoxy) is 1. The third-order valence-electron chi connectivity index (χ3n) is 5.64. The van der Waals surface area contributed by atoms with Gasteiger partial charge in [-0.15, -0.1) is 0 Å². The highest BCUT2D eigenvalue weighted by atomic mass is 35.5. The molecule has 1 saturated heterocycles. The molecule has 1 aliphatic rings. The van der Waals surface area contributed by atoms with E-state index in [9.17, 15) is 33.5 Å². The van der Waals surface area contributed by atoms with E-state index < -0.39 is 64.1 Å². The van der Waals surface area contributed by atoms with Gasteiger partial charge in [0.1, 0.15) is 44.5 Å². The average molecular weight is 615 g/mol. The van der Waals surface area contributed by atoms with E-state index in [1.165, 1.54) is 18.3 Å². The van der Waals surface area contributed by atoms with Crippen LogP contribution in [0.3, 0.4) is 0 Å². The van der Waals surface area contributed by atoms with Gasteiger partial charge in [0, 0.05) is 5.56 Å². The largest absolute Gasteiger partial charge is 0.778 e. The van der Waals surface area contributed by atoms with Gasteiger partial charge in [-0.3, -0.25) is 0 Å². The van der Waals surface area contributed by atoms with E-state index in [1.807, 2.05) is 0 Å². The Morgan fingerprint density at radius 2 is 1.92 bits per heavy atom. The molecule has 1 aromatic carbocycles. The first-order chi connectivity index (χ1) is 17.3. The lowest BCUT2D eigenvalue weighted by atomic mass is 10.1. The molecular weight excluding hydrogens is 585 g/mol. The van der Waals surface area contributed by atoms with E-state index in [0.717, 1.165) is 4.68 Å². The maximum Gasteiger partial charge on any atom is 0.181 e. The summed E-state index contributed by atoms with van der Waals surface area (Å²) in [6.45, 7) is 0.904. The number of aromatic nitrogens is 3. The van der Waals surface area contributed by atoms with Crippen molar-refractivity contribution in [2.24, 2.45) is 0 Å². The van der Waals surface area contributed by atoms with E-state index in [2.05, 4.69) is 19.9 Å². The first kappa shape index (κ1) is 33.2. The van der Waals surface area contributed by atoms with Crippen molar-refractivity contribution in [2.45, 2.75) is 37.5 Å². The van der Waals surface area contributed by atoms with Crippen molar-refractivity contribution in [3.8, 4) is 0 Å². The number of pyridine rings is 1. The fourth-order valence-corrected chi connectivity index (χ4v) is 6.59. The number of nitrogens with one attached hydrogen (secondary N) is 1. The number of fused-ring (bicyclic) bond motifs is 1. The highest BCUT2D eigenvalue weighted by molar-refractivity contribution is 7.68. The van der Waals surface area contributed by atoms with Gasteiger partial charge in [-0.1, -0.05) is 29.8 Å². The van der Waals surface area contributed by atoms with Crippen LogP contribution in [-0.2, 0) is 18.4 Å². The predicted octanol–water partition coefficient (Wildman–Crippen LogP) is 1.84. The number of anilines is 1. The van der Waals surface area contributed by atoms with Gasteiger partial charge in [-0.05, 0) is 19.1 Å². The summed E-state index contributed by atoms with van der Waals surface area (Å²) in [6, 6.07) is 7.25. The van der Waals surface area contributed by atoms with Crippen molar-refractivity contribution < 1.29 is 47.7 Å². The lowest BCUT2D eigenvalue weighted by molar-refractivity contribution is -0.207. The Labute approximate surface area is 226 Å². The number of aliphatic hydroxyl groups is 2. The van der Waals surface area contributed by atoms with Crippen LogP contribution in [0, 0.1) is 5.82 Å². The summed E-state index contributed by atoms with van der Waals surface area (Å²) >= 11 is 6.19. The first-order valence-corrected chi connectivity index (χ1v) is 14.7. The van der Waals surface area contributed by atoms with Gasteiger partial charge in [0.15, 0.2) is 11.9 Å². The Hall–Kier alpha value is -2.04. The third kappa shape index (κ3) is 7.58. The molecule has 15 nitrogen and oxygen atoms in total. The van der Waals surface area contributed by atoms with Gasteiger partial charge >= 0.3 is 0 Å². The molecule has 1 aliphatic heterocycles. The van der Waals surface area contributed by atoms with Crippen molar-refractivity contribution in [1.29, 1.82) is 0 Å². The van der Waals surface area contributed by atoms with E-state index in [1.54, 1.807) is 25.1 Å². The second-order valence-electron chi connectivity index (χ2n) is 8.44. The van der Waals surface area contributed by atoms with Crippen LogP contribution in [0.25, 0.3) is 11.0 Å². The van der Waals surface area contributed by atoms with Crippen molar-refractivity contribution >= 4 is 43.5 Å². The Morgan fingerprint density at radius 3 is 2.56 bits per heavy atom. The monoisotopic (exact) mass is 614 g/mol. The number of hydrogen-bond donors (Lipinski definition) is 6. The Kier molecular flexibility index (Phi) is 10.8. The summed E-state index contributed by atoms with van der Waals surface area (Å²) in [6.07, 6.45) is -4.61. The van der Waals surface area contributed by atoms with Crippen LogP contribution in [0.15, 0.2) is 36.5 Å². The predicted molar refractivity (Wildman–Crippen MR) is 137 cm³/mol. The molecule has 0 amide bonds. The minimum absolute atomic E-state index is 0. The first-order valence-electron chi connectivity index (χ1n) is 10.8. The number of hydrogen-bond acceptors (Lipinski definition) is 11. The Bertz CT molecular complexity index is 1390. The zero-order chi connectivity index (χ0) is 27.1. The quantitative estimate of drug-likeness (QED) is 0.149. The fraction of sp³-hybridized carbons (Fsp3) is 0.400. The number of benzene rings is 1. The van der Waals surface area contributed by atoms with Crippen LogP contribution in [0.5, 0.6) is 0 Å². The molecule has 0 spiro atoms. The van der Waals surface area contributed by atoms with E-state index >= 15 is 0 Å². The molecule has 4 rings (SSSR count). The highest BCUT2D eigenvalue weighted by Gasteiger charge is 2.45. The second kappa shape index (κ2) is 12.6. The summed E-state index contributed by atoms with van der Waals surface area (Å²) in [5, 5.41) is 28.7. The van der Waals surface area contributed by atoms with E-state index in [4.69, 9.17) is 21.2 Å². The number of nitrogens with zero attached hydrogens (tertiary/aromatic N) is 3. The second-order valence-corrected chi connectivity index (χ2v) is 12.7. The maximum absolute atomic E-state index is 14.2. The van der Waals surface area contributed by atoms with Crippen LogP contribution in [0.2, 0.25) is 5.15 Å². The molecule has 39 heavy (non-hydrogen) atoms. The zero-order valence-corrected chi connectivity index (χ0v) is 23.6. The van der Waals surface area contributed by atoms with E-state index in [-0.39, 0.29) is 23.1 Å². The highest BCUT2D eigenvalue weighted by Crippen LogP contribution is 2.50. The Morgan fingerprint density at radius 1 is 1.26 bits per heavy atom. The van der Waals surface area contributed by atoms with Gasteiger partial charge in [0.05, 0.1) is 35.8 Å². The maximum atomic E-state index is 14.2. The molecule has 0 radical (unpaired) electrons. The lowest BCUT2D eigenvalue weighted by Crippen LogP contribution is -2.34. The van der Waals surface area contributed by atoms with Gasteiger partial charge in [-0.2, -0.15) is 5.10 Å². The van der Waals surface area contributed by atoms with Crippen LogP contribution in [-0.4, -0.2) is 60.7 Å². The lowest BCUT2D eigenvalue weighted by Gasteiger charge is -2.29. The summed E-state index contributed by atoms with van der Waals surface area (Å²) < 4.78 is 48.1. The van der Waals surface area contributed by atoms with Crippen LogP contribution < -0.4 is 27.4 Å². The molecule has 218 valence electrons. The summed E-state index contributed by atoms with van der Waals surface area (Å²) in [4.78, 5) is 35.6. The average Bonchev–Trinajstić information content (AvgIpc) is 3.32. The molecule has 0 saturated carbocycles. The number of quaternary nitrogens is 2. The smallest absolute Gasteiger partial charge is 0.181 e. The van der Waals surface area contributed by atoms with Crippen molar-refractivity contribution in [3.63, 3.8) is 0 Å². The molecule has 3 aromatic rings. The molecule has 12 N–H and O–H groups in total. The van der Waals surface area contributed by atoms with Gasteiger partial charge in [-0.25, -0.2) is 14.1 Å². The standard InChI is InChI=1S/C20H24ClFN4O9P2.2H3N/c1-10(11-4-2-3-5-13(11)22)24-14-6-16(21)25-19-12(14)7-23-26(19)20-18(28)17(27)15(35-20)8-34-37(32,33)9-36(29,30)31;;/h2-7,10,15,17-18,20,27-28H,8-9H2,1H3,(H,24,25)(H,32,33)(H2,29,30,31);2*1H3/t10-,15+,17+,18+,20+;;/m0../s1. The summed E-state index contributed by atoms with van der Waals surface area (Å²) in [5.74, 6) is -2.04. The topological polar surface area (TPSA) is 275 Å². The SMILES string of the molecule is C[C@H](Nc1cc(Cl)nc2c1cnn2[C@@H]1O[C@H](COP(=O)([O-])CP(=O)([O-])O)[C@@H](O)[C@H]1O)c1ccccc1F.[NH4+].[NH4+]. The van der Waals surface area contributed by atoms with Crippen LogP contribution in [0.4, 0.5) is 10.1 Å². The summed E-state index contributed by atoms with van der Waals surface area (Å²) in [7, 11) is -10.2. The van der Waals surface area contributed by atoms with Crippen molar-refractivity contribution in [1.82, 2.24) is 27.1 Å². The number of aliphatic hydroxyl groups excluding tert-OH is 2. The van der Waals surface area contributed by atoms with E-state index in [0.29, 0.717) is 16.6 Å². The molecule has 2 unspecified atom stereocenters. The summed E-state index contributed by atoms with van der Waals surface area (Å²) in [5.41, 5.74) is 0.987. The third-order valence-corrected chi connectivity index (χ3v) is 9.20. The van der Waals surface area contributed by atoms with Crippen LogP contribution >= 0.6 is 26.8 Å². The zero-order valence-electron chi connectivity index (χ0n) is 21.0.